The molecule has 0 saturated heterocycles. The number of hydrogen-bond donors (Lipinski definition) is 1. The van der Waals surface area contributed by atoms with Crippen molar-refractivity contribution in [2.75, 3.05) is 13.7 Å². The summed E-state index contributed by atoms with van der Waals surface area (Å²) in [6.45, 7) is -0.514. The second-order valence-electron chi connectivity index (χ2n) is 6.88. The van der Waals surface area contributed by atoms with Crippen LogP contribution in [-0.2, 0) is 4.79 Å². The fourth-order valence-corrected chi connectivity index (χ4v) is 4.48. The first kappa shape index (κ1) is 27.3. The standard InChI is InChI=1S/C23H16Br3N3O7/c1-34-17-4-2-3-13(8-17)23(31)36-22-14(7-16(25)9-18(22)26)11-27-28-21(30)12-35-20-6-5-15(24)10-19(20)29(32)33/h2-11H,12H2,1H3,(H,28,30)/b27-11+. The summed E-state index contributed by atoms with van der Waals surface area (Å²) in [6.07, 6.45) is 1.28. The third kappa shape index (κ3) is 7.35. The minimum atomic E-state index is -0.660. The number of halogens is 3. The second-order valence-corrected chi connectivity index (χ2v) is 9.56. The van der Waals surface area contributed by atoms with Crippen molar-refractivity contribution in [1.29, 1.82) is 0 Å². The van der Waals surface area contributed by atoms with Gasteiger partial charge in [0.25, 0.3) is 5.91 Å². The molecule has 0 spiro atoms. The van der Waals surface area contributed by atoms with Crippen LogP contribution in [0.1, 0.15) is 15.9 Å². The van der Waals surface area contributed by atoms with Crippen LogP contribution in [0.15, 0.2) is 73.1 Å². The van der Waals surface area contributed by atoms with Gasteiger partial charge in [0.2, 0.25) is 0 Å². The fraction of sp³-hybridized carbons (Fsp3) is 0.0870. The molecule has 0 aromatic heterocycles. The number of hydrogen-bond acceptors (Lipinski definition) is 8. The summed E-state index contributed by atoms with van der Waals surface area (Å²) in [4.78, 5) is 35.4. The summed E-state index contributed by atoms with van der Waals surface area (Å²) >= 11 is 9.87. The van der Waals surface area contributed by atoms with Crippen molar-refractivity contribution in [3.8, 4) is 17.2 Å². The highest BCUT2D eigenvalue weighted by Gasteiger charge is 2.18. The Labute approximate surface area is 230 Å². The lowest BCUT2D eigenvalue weighted by molar-refractivity contribution is -0.385. The fourth-order valence-electron chi connectivity index (χ4n) is 2.79. The molecule has 0 fully saturated rings. The van der Waals surface area contributed by atoms with E-state index in [1.54, 1.807) is 42.5 Å². The monoisotopic (exact) mass is 683 g/mol. The van der Waals surface area contributed by atoms with Crippen molar-refractivity contribution >= 4 is 71.6 Å². The van der Waals surface area contributed by atoms with Gasteiger partial charge in [-0.1, -0.05) is 37.9 Å². The van der Waals surface area contributed by atoms with Gasteiger partial charge in [-0.15, -0.1) is 0 Å². The molecule has 0 atom stereocenters. The normalized spacial score (nSPS) is 10.7. The van der Waals surface area contributed by atoms with E-state index in [1.807, 2.05) is 0 Å². The molecule has 0 aliphatic heterocycles. The van der Waals surface area contributed by atoms with Crippen LogP contribution in [0.3, 0.4) is 0 Å². The third-order valence-corrected chi connectivity index (χ3v) is 5.95. The molecular formula is C23H16Br3N3O7. The first-order chi connectivity index (χ1) is 17.2. The number of benzene rings is 3. The van der Waals surface area contributed by atoms with Crippen LogP contribution in [0.5, 0.6) is 17.2 Å². The number of nitro benzene ring substituents is 1. The number of esters is 1. The molecule has 0 bridgehead atoms. The summed E-state index contributed by atoms with van der Waals surface area (Å²) in [5.41, 5.74) is 2.63. The molecule has 186 valence electrons. The second kappa shape index (κ2) is 12.6. The highest BCUT2D eigenvalue weighted by molar-refractivity contribution is 9.11. The van der Waals surface area contributed by atoms with Gasteiger partial charge in [0.1, 0.15) is 5.75 Å². The van der Waals surface area contributed by atoms with Crippen LogP contribution in [-0.4, -0.2) is 36.7 Å². The van der Waals surface area contributed by atoms with Gasteiger partial charge in [0.15, 0.2) is 18.1 Å². The van der Waals surface area contributed by atoms with Crippen molar-refractivity contribution in [1.82, 2.24) is 5.43 Å². The number of carbonyl (C=O) groups is 2. The molecule has 1 N–H and O–H groups in total. The quantitative estimate of drug-likeness (QED) is 0.102. The molecule has 13 heteroatoms. The number of rotatable bonds is 9. The zero-order valence-electron chi connectivity index (χ0n) is 18.4. The maximum atomic E-state index is 12.7. The van der Waals surface area contributed by atoms with Crippen molar-refractivity contribution in [3.05, 3.63) is 89.3 Å². The number of nitrogens with one attached hydrogen (secondary N) is 1. The van der Waals surface area contributed by atoms with E-state index in [2.05, 4.69) is 58.3 Å². The van der Waals surface area contributed by atoms with E-state index in [0.29, 0.717) is 24.7 Å². The number of nitrogens with zero attached hydrogens (tertiary/aromatic N) is 2. The zero-order chi connectivity index (χ0) is 26.2. The first-order valence-corrected chi connectivity index (χ1v) is 12.3. The Hall–Kier alpha value is -3.29. The number of ether oxygens (including phenoxy) is 3. The summed E-state index contributed by atoms with van der Waals surface area (Å²) < 4.78 is 17.6. The molecule has 0 saturated carbocycles. The third-order valence-electron chi connectivity index (χ3n) is 4.41. The summed E-state index contributed by atoms with van der Waals surface area (Å²) in [6, 6.07) is 14.0. The lowest BCUT2D eigenvalue weighted by atomic mass is 10.2. The summed E-state index contributed by atoms with van der Waals surface area (Å²) in [5, 5.41) is 15.0. The number of nitro groups is 1. The van der Waals surface area contributed by atoms with Crippen LogP contribution >= 0.6 is 47.8 Å². The van der Waals surface area contributed by atoms with Gasteiger partial charge in [0, 0.05) is 20.6 Å². The van der Waals surface area contributed by atoms with Gasteiger partial charge in [-0.05, 0) is 58.4 Å². The predicted octanol–water partition coefficient (Wildman–Crippen LogP) is 5.64. The minimum Gasteiger partial charge on any atom is -0.497 e. The summed E-state index contributed by atoms with van der Waals surface area (Å²) in [5.74, 6) is -0.678. The van der Waals surface area contributed by atoms with Gasteiger partial charge >= 0.3 is 11.7 Å². The van der Waals surface area contributed by atoms with Gasteiger partial charge in [-0.2, -0.15) is 5.10 Å². The average Bonchev–Trinajstić information content (AvgIpc) is 2.85. The van der Waals surface area contributed by atoms with Crippen molar-refractivity contribution in [3.63, 3.8) is 0 Å². The SMILES string of the molecule is COc1cccc(C(=O)Oc2c(Br)cc(Br)cc2/C=N/NC(=O)COc2ccc(Br)cc2[N+](=O)[O-])c1. The van der Waals surface area contributed by atoms with E-state index in [1.165, 1.54) is 25.5 Å². The van der Waals surface area contributed by atoms with Crippen molar-refractivity contribution in [2.45, 2.75) is 0 Å². The smallest absolute Gasteiger partial charge is 0.343 e. The van der Waals surface area contributed by atoms with Gasteiger partial charge in [0.05, 0.1) is 28.3 Å². The molecule has 3 rings (SSSR count). The lowest BCUT2D eigenvalue weighted by Crippen LogP contribution is -2.24. The van der Waals surface area contributed by atoms with Crippen molar-refractivity contribution in [2.24, 2.45) is 5.10 Å². The van der Waals surface area contributed by atoms with Gasteiger partial charge < -0.3 is 14.2 Å². The molecule has 0 unspecified atom stereocenters. The van der Waals surface area contributed by atoms with Crippen LogP contribution in [0.2, 0.25) is 0 Å². The Morgan fingerprint density at radius 1 is 1.08 bits per heavy atom. The predicted molar refractivity (Wildman–Crippen MR) is 142 cm³/mol. The Morgan fingerprint density at radius 3 is 2.58 bits per heavy atom. The molecule has 0 heterocycles. The molecule has 0 aliphatic carbocycles. The number of amides is 1. The molecule has 3 aromatic rings. The molecule has 3 aromatic carbocycles. The topological polar surface area (TPSA) is 129 Å². The maximum absolute atomic E-state index is 12.7. The number of methoxy groups -OCH3 is 1. The molecule has 0 radical (unpaired) electrons. The summed E-state index contributed by atoms with van der Waals surface area (Å²) in [7, 11) is 1.49. The van der Waals surface area contributed by atoms with Crippen LogP contribution in [0, 0.1) is 10.1 Å². The van der Waals surface area contributed by atoms with Gasteiger partial charge in [-0.25, -0.2) is 10.2 Å². The Balaban J connectivity index is 1.70. The average molecular weight is 686 g/mol. The molecule has 10 nitrogen and oxygen atoms in total. The van der Waals surface area contributed by atoms with Gasteiger partial charge in [-0.3, -0.25) is 14.9 Å². The van der Waals surface area contributed by atoms with E-state index < -0.39 is 23.4 Å². The first-order valence-electron chi connectivity index (χ1n) is 9.92. The van der Waals surface area contributed by atoms with Crippen molar-refractivity contribution < 1.29 is 28.7 Å². The largest absolute Gasteiger partial charge is 0.497 e. The van der Waals surface area contributed by atoms with E-state index in [4.69, 9.17) is 14.2 Å². The Bertz CT molecular complexity index is 1350. The van der Waals surface area contributed by atoms with E-state index in [-0.39, 0.29) is 22.7 Å². The number of hydrazone groups is 1. The molecular weight excluding hydrogens is 670 g/mol. The van der Waals surface area contributed by atoms with Crippen LogP contribution in [0.25, 0.3) is 0 Å². The van der Waals surface area contributed by atoms with Crippen LogP contribution < -0.4 is 19.6 Å². The maximum Gasteiger partial charge on any atom is 0.343 e. The van der Waals surface area contributed by atoms with E-state index in [0.717, 1.165) is 0 Å². The molecule has 0 aliphatic rings. The lowest BCUT2D eigenvalue weighted by Gasteiger charge is -2.11. The minimum absolute atomic E-state index is 0.0648. The van der Waals surface area contributed by atoms with E-state index >= 15 is 0 Å². The van der Waals surface area contributed by atoms with E-state index in [9.17, 15) is 19.7 Å². The molecule has 36 heavy (non-hydrogen) atoms. The van der Waals surface area contributed by atoms with Crippen LogP contribution in [0.4, 0.5) is 5.69 Å². The highest BCUT2D eigenvalue weighted by Crippen LogP contribution is 2.33. The highest BCUT2D eigenvalue weighted by atomic mass is 79.9. The Kier molecular flexibility index (Phi) is 9.56. The molecule has 1 amide bonds. The number of carbonyl (C=O) groups excluding carboxylic acids is 2. The Morgan fingerprint density at radius 2 is 1.86 bits per heavy atom. The zero-order valence-corrected chi connectivity index (χ0v) is 23.1.